The number of aromatic nitrogens is 2. The lowest BCUT2D eigenvalue weighted by Gasteiger charge is -2.33. The van der Waals surface area contributed by atoms with Crippen LogP contribution in [0, 0.1) is 0 Å². The van der Waals surface area contributed by atoms with E-state index in [1.54, 1.807) is 0 Å². The molecule has 30 heavy (non-hydrogen) atoms. The van der Waals surface area contributed by atoms with Crippen LogP contribution in [0.4, 0.5) is 0 Å². The maximum Gasteiger partial charge on any atom is 0.257 e. The number of hydrogen-bond donors (Lipinski definition) is 0. The van der Waals surface area contributed by atoms with Gasteiger partial charge in [-0.05, 0) is 25.0 Å². The molecule has 3 heterocycles. The van der Waals surface area contributed by atoms with Gasteiger partial charge < -0.3 is 18.9 Å². The zero-order chi connectivity index (χ0) is 20.6. The van der Waals surface area contributed by atoms with Crippen molar-refractivity contribution in [3.8, 4) is 11.5 Å². The van der Waals surface area contributed by atoms with E-state index in [4.69, 9.17) is 14.0 Å². The Balaban J connectivity index is 1.18. The SMILES string of the molecule is O=C(CCN1CCOCC1)N1CCCC(OCCc2noc(-c3ccccc3)n2)C1. The van der Waals surface area contributed by atoms with Crippen LogP contribution in [0.3, 0.4) is 0 Å². The van der Waals surface area contributed by atoms with Gasteiger partial charge in [0.2, 0.25) is 5.91 Å². The number of ether oxygens (including phenoxy) is 2. The van der Waals surface area contributed by atoms with Crippen molar-refractivity contribution in [2.24, 2.45) is 0 Å². The van der Waals surface area contributed by atoms with Gasteiger partial charge in [0.25, 0.3) is 5.89 Å². The summed E-state index contributed by atoms with van der Waals surface area (Å²) in [5, 5.41) is 4.04. The number of benzene rings is 1. The second-order valence-electron chi connectivity index (χ2n) is 7.81. The van der Waals surface area contributed by atoms with E-state index in [0.717, 1.165) is 57.8 Å². The zero-order valence-corrected chi connectivity index (χ0v) is 17.4. The molecule has 0 bridgehead atoms. The van der Waals surface area contributed by atoms with Crippen LogP contribution >= 0.6 is 0 Å². The summed E-state index contributed by atoms with van der Waals surface area (Å²) in [6.07, 6.45) is 3.20. The normalized spacial score (nSPS) is 20.4. The Morgan fingerprint density at radius 1 is 1.17 bits per heavy atom. The Morgan fingerprint density at radius 2 is 2.00 bits per heavy atom. The number of hydrogen-bond acceptors (Lipinski definition) is 7. The van der Waals surface area contributed by atoms with E-state index in [2.05, 4.69) is 15.0 Å². The van der Waals surface area contributed by atoms with Crippen LogP contribution in [0.2, 0.25) is 0 Å². The van der Waals surface area contributed by atoms with Gasteiger partial charge in [-0.3, -0.25) is 9.69 Å². The molecule has 8 nitrogen and oxygen atoms in total. The first-order valence-electron chi connectivity index (χ1n) is 10.9. The minimum absolute atomic E-state index is 0.0755. The fraction of sp³-hybridized carbons (Fsp3) is 0.591. The van der Waals surface area contributed by atoms with Gasteiger partial charge in [-0.1, -0.05) is 23.4 Å². The summed E-state index contributed by atoms with van der Waals surface area (Å²) < 4.78 is 16.7. The molecule has 162 valence electrons. The molecular weight excluding hydrogens is 384 g/mol. The van der Waals surface area contributed by atoms with Crippen LogP contribution in [0.5, 0.6) is 0 Å². The van der Waals surface area contributed by atoms with Crippen LogP contribution in [-0.2, 0) is 20.7 Å². The van der Waals surface area contributed by atoms with Gasteiger partial charge in [0.05, 0.1) is 25.9 Å². The van der Waals surface area contributed by atoms with Crippen molar-refractivity contribution in [1.29, 1.82) is 0 Å². The lowest BCUT2D eigenvalue weighted by molar-refractivity contribution is -0.135. The summed E-state index contributed by atoms with van der Waals surface area (Å²) in [6, 6.07) is 9.73. The van der Waals surface area contributed by atoms with Gasteiger partial charge in [-0.25, -0.2) is 0 Å². The van der Waals surface area contributed by atoms with Crippen molar-refractivity contribution in [1.82, 2.24) is 19.9 Å². The highest BCUT2D eigenvalue weighted by atomic mass is 16.5. The first kappa shape index (κ1) is 21.0. The maximum absolute atomic E-state index is 12.6. The molecule has 0 saturated carbocycles. The zero-order valence-electron chi connectivity index (χ0n) is 17.4. The molecule has 1 aromatic heterocycles. The predicted octanol–water partition coefficient (Wildman–Crippen LogP) is 2.01. The summed E-state index contributed by atoms with van der Waals surface area (Å²) in [7, 11) is 0. The average Bonchev–Trinajstić information content (AvgIpc) is 3.28. The van der Waals surface area contributed by atoms with E-state index in [-0.39, 0.29) is 12.0 Å². The van der Waals surface area contributed by atoms with Crippen LogP contribution in [0.25, 0.3) is 11.5 Å². The van der Waals surface area contributed by atoms with Gasteiger partial charge in [-0.2, -0.15) is 4.98 Å². The number of amides is 1. The van der Waals surface area contributed by atoms with Crippen LogP contribution in [0.15, 0.2) is 34.9 Å². The van der Waals surface area contributed by atoms with Gasteiger partial charge in [0.1, 0.15) is 0 Å². The number of morpholine rings is 1. The van der Waals surface area contributed by atoms with E-state index >= 15 is 0 Å². The Morgan fingerprint density at radius 3 is 2.83 bits per heavy atom. The monoisotopic (exact) mass is 414 g/mol. The first-order chi connectivity index (χ1) is 14.8. The third kappa shape index (κ3) is 5.87. The lowest BCUT2D eigenvalue weighted by Crippen LogP contribution is -2.45. The van der Waals surface area contributed by atoms with Gasteiger partial charge in [0.15, 0.2) is 5.82 Å². The molecule has 1 aromatic carbocycles. The minimum atomic E-state index is 0.0755. The summed E-state index contributed by atoms with van der Waals surface area (Å²) in [5.41, 5.74) is 0.913. The van der Waals surface area contributed by atoms with Gasteiger partial charge in [0, 0.05) is 51.1 Å². The summed E-state index contributed by atoms with van der Waals surface area (Å²) in [4.78, 5) is 21.3. The van der Waals surface area contributed by atoms with Crippen molar-refractivity contribution in [3.63, 3.8) is 0 Å². The average molecular weight is 415 g/mol. The summed E-state index contributed by atoms with van der Waals surface area (Å²) in [5.74, 6) is 1.39. The molecule has 2 saturated heterocycles. The predicted molar refractivity (Wildman–Crippen MR) is 111 cm³/mol. The number of carbonyl (C=O) groups excluding carboxylic acids is 1. The highest BCUT2D eigenvalue weighted by molar-refractivity contribution is 5.76. The Kier molecular flexibility index (Phi) is 7.44. The Bertz CT molecular complexity index is 791. The topological polar surface area (TPSA) is 80.9 Å². The highest BCUT2D eigenvalue weighted by Crippen LogP contribution is 2.17. The Hall–Kier alpha value is -2.29. The van der Waals surface area contributed by atoms with Crippen molar-refractivity contribution in [3.05, 3.63) is 36.2 Å². The molecule has 0 radical (unpaired) electrons. The number of rotatable bonds is 8. The highest BCUT2D eigenvalue weighted by Gasteiger charge is 2.24. The molecular formula is C22H30N4O4. The molecule has 1 unspecified atom stereocenters. The van der Waals surface area contributed by atoms with Gasteiger partial charge in [-0.15, -0.1) is 0 Å². The van der Waals surface area contributed by atoms with Gasteiger partial charge >= 0.3 is 0 Å². The van der Waals surface area contributed by atoms with Crippen LogP contribution in [-0.4, -0.2) is 84.5 Å². The Labute approximate surface area is 177 Å². The largest absolute Gasteiger partial charge is 0.379 e. The van der Waals surface area contributed by atoms with Crippen LogP contribution < -0.4 is 0 Å². The van der Waals surface area contributed by atoms with Crippen molar-refractivity contribution < 1.29 is 18.8 Å². The van der Waals surface area contributed by atoms with E-state index in [1.807, 2.05) is 35.2 Å². The summed E-state index contributed by atoms with van der Waals surface area (Å²) >= 11 is 0. The molecule has 1 atom stereocenters. The van der Waals surface area contributed by atoms with E-state index in [9.17, 15) is 4.79 Å². The number of likely N-dealkylation sites (tertiary alicyclic amines) is 1. The second-order valence-corrected chi connectivity index (χ2v) is 7.81. The van der Waals surface area contributed by atoms with Crippen molar-refractivity contribution >= 4 is 5.91 Å². The fourth-order valence-electron chi connectivity index (χ4n) is 3.91. The molecule has 0 N–H and O–H groups in total. The molecule has 2 aliphatic heterocycles. The van der Waals surface area contributed by atoms with E-state index < -0.39 is 0 Å². The first-order valence-corrected chi connectivity index (χ1v) is 10.9. The smallest absolute Gasteiger partial charge is 0.257 e. The molecule has 8 heteroatoms. The quantitative estimate of drug-likeness (QED) is 0.654. The lowest BCUT2D eigenvalue weighted by atomic mass is 10.1. The van der Waals surface area contributed by atoms with Crippen LogP contribution in [0.1, 0.15) is 25.1 Å². The molecule has 2 fully saturated rings. The number of piperidine rings is 1. The minimum Gasteiger partial charge on any atom is -0.379 e. The van der Waals surface area contributed by atoms with E-state index in [0.29, 0.717) is 37.7 Å². The summed E-state index contributed by atoms with van der Waals surface area (Å²) in [6.45, 7) is 6.20. The number of nitrogens with zero attached hydrogens (tertiary/aromatic N) is 4. The maximum atomic E-state index is 12.6. The van der Waals surface area contributed by atoms with Crippen molar-refractivity contribution in [2.75, 3.05) is 52.5 Å². The van der Waals surface area contributed by atoms with E-state index in [1.165, 1.54) is 0 Å². The molecule has 0 spiro atoms. The molecule has 0 aliphatic carbocycles. The fourth-order valence-corrected chi connectivity index (χ4v) is 3.91. The van der Waals surface area contributed by atoms with Crippen molar-refractivity contribution in [2.45, 2.75) is 31.8 Å². The third-order valence-corrected chi connectivity index (χ3v) is 5.64. The second kappa shape index (κ2) is 10.7. The molecule has 1 amide bonds. The number of carbonyl (C=O) groups is 1. The molecule has 4 rings (SSSR count). The third-order valence-electron chi connectivity index (χ3n) is 5.64. The molecule has 2 aliphatic rings. The standard InChI is InChI=1S/C22H30N4O4/c27-21(8-11-25-12-15-28-16-13-25)26-10-4-7-19(17-26)29-14-9-20-23-22(30-24-20)18-5-2-1-3-6-18/h1-3,5-6,19H,4,7-17H2. The molecule has 2 aromatic rings.